The van der Waals surface area contributed by atoms with Crippen LogP contribution in [0.4, 0.5) is 8.78 Å². The van der Waals surface area contributed by atoms with Gasteiger partial charge in [-0.25, -0.2) is 14.2 Å². The van der Waals surface area contributed by atoms with Crippen molar-refractivity contribution in [2.24, 2.45) is 0 Å². The minimum atomic E-state index is -2.46. The molecule has 0 saturated heterocycles. The van der Waals surface area contributed by atoms with Crippen LogP contribution in [0.3, 0.4) is 0 Å². The second-order valence-electron chi connectivity index (χ2n) is 8.70. The minimum absolute atomic E-state index is 0.0508. The van der Waals surface area contributed by atoms with Crippen LogP contribution in [0.1, 0.15) is 80.0 Å². The van der Waals surface area contributed by atoms with Crippen LogP contribution >= 0.6 is 11.3 Å². The van der Waals surface area contributed by atoms with E-state index in [1.54, 1.807) is 24.5 Å². The largest absolute Gasteiger partial charge is 0.365 e. The third kappa shape index (κ3) is 4.53. The Labute approximate surface area is 177 Å². The molecule has 4 rings (SSSR count). The van der Waals surface area contributed by atoms with Crippen LogP contribution in [-0.2, 0) is 0 Å². The third-order valence-electron chi connectivity index (χ3n) is 6.75. The summed E-state index contributed by atoms with van der Waals surface area (Å²) in [6.45, 7) is 4.54. The fourth-order valence-electron chi connectivity index (χ4n) is 5.23. The molecule has 1 unspecified atom stereocenters. The molecule has 0 bridgehead atoms. The SMILES string of the molecule is C=C(c1ccc(C2C=C(C(F)F)N(C)N2)s1)N(C1CCCCC1)C1CCCCC1. The van der Waals surface area contributed by atoms with Crippen molar-refractivity contribution in [1.82, 2.24) is 15.3 Å². The van der Waals surface area contributed by atoms with Gasteiger partial charge in [-0.3, -0.25) is 0 Å². The van der Waals surface area contributed by atoms with Gasteiger partial charge in [0, 0.05) is 29.7 Å². The molecule has 2 heterocycles. The lowest BCUT2D eigenvalue weighted by Crippen LogP contribution is -2.43. The summed E-state index contributed by atoms with van der Waals surface area (Å²) in [6, 6.07) is 5.23. The van der Waals surface area contributed by atoms with Crippen LogP contribution in [0.2, 0.25) is 0 Å². The van der Waals surface area contributed by atoms with Crippen LogP contribution in [0.15, 0.2) is 30.5 Å². The van der Waals surface area contributed by atoms with Gasteiger partial charge >= 0.3 is 0 Å². The molecule has 1 aromatic rings. The molecule has 29 heavy (non-hydrogen) atoms. The minimum Gasteiger partial charge on any atom is -0.365 e. The predicted octanol–water partition coefficient (Wildman–Crippen LogP) is 6.33. The van der Waals surface area contributed by atoms with E-state index in [0.717, 1.165) is 10.6 Å². The number of alkyl halides is 2. The van der Waals surface area contributed by atoms with E-state index in [4.69, 9.17) is 0 Å². The highest BCUT2D eigenvalue weighted by molar-refractivity contribution is 7.13. The number of nitrogens with zero attached hydrogens (tertiary/aromatic N) is 2. The summed E-state index contributed by atoms with van der Waals surface area (Å²) >= 11 is 1.69. The number of halogens is 2. The van der Waals surface area contributed by atoms with Crippen LogP contribution in [0.25, 0.3) is 5.70 Å². The third-order valence-corrected chi connectivity index (χ3v) is 7.96. The van der Waals surface area contributed by atoms with Gasteiger partial charge < -0.3 is 9.91 Å². The molecule has 0 spiro atoms. The molecule has 0 radical (unpaired) electrons. The molecular formula is C23H33F2N3S. The smallest absolute Gasteiger partial charge is 0.279 e. The zero-order valence-electron chi connectivity index (χ0n) is 17.4. The van der Waals surface area contributed by atoms with Gasteiger partial charge in [0.2, 0.25) is 0 Å². The molecule has 2 fully saturated rings. The van der Waals surface area contributed by atoms with E-state index < -0.39 is 6.43 Å². The maximum Gasteiger partial charge on any atom is 0.279 e. The Bertz CT molecular complexity index is 714. The lowest BCUT2D eigenvalue weighted by Gasteiger charge is -2.44. The van der Waals surface area contributed by atoms with Crippen molar-refractivity contribution in [3.63, 3.8) is 0 Å². The summed E-state index contributed by atoms with van der Waals surface area (Å²) in [5.74, 6) is 0. The van der Waals surface area contributed by atoms with E-state index in [1.807, 2.05) is 0 Å². The first-order valence-corrected chi connectivity index (χ1v) is 11.9. The van der Waals surface area contributed by atoms with Crippen molar-refractivity contribution < 1.29 is 8.78 Å². The van der Waals surface area contributed by atoms with Gasteiger partial charge in [-0.2, -0.15) is 0 Å². The molecule has 1 N–H and O–H groups in total. The average Bonchev–Trinajstić information content (AvgIpc) is 3.37. The van der Waals surface area contributed by atoms with E-state index in [2.05, 4.69) is 29.0 Å². The normalized spacial score (nSPS) is 24.2. The summed E-state index contributed by atoms with van der Waals surface area (Å²) in [4.78, 5) is 4.90. The van der Waals surface area contributed by atoms with Crippen molar-refractivity contribution in [2.45, 2.75) is 88.8 Å². The first-order chi connectivity index (χ1) is 14.0. The first kappa shape index (κ1) is 20.9. The number of rotatable bonds is 6. The molecule has 1 atom stereocenters. The summed E-state index contributed by atoms with van der Waals surface area (Å²) in [6.07, 6.45) is 12.2. The number of allylic oxidation sites excluding steroid dienone is 1. The van der Waals surface area contributed by atoms with Crippen LogP contribution in [0.5, 0.6) is 0 Å². The standard InChI is InChI=1S/C23H33F2N3S/c1-16(28(17-9-5-3-6-10-17)18-11-7-4-8-12-18)21-13-14-22(29-21)19-15-20(23(24)25)27(2)26-19/h13-15,17-19,23,26H,1,3-12H2,2H3. The monoisotopic (exact) mass is 421 g/mol. The van der Waals surface area contributed by atoms with Gasteiger partial charge in [0.15, 0.2) is 0 Å². The topological polar surface area (TPSA) is 18.5 Å². The molecule has 0 amide bonds. The van der Waals surface area contributed by atoms with E-state index in [-0.39, 0.29) is 11.7 Å². The molecule has 6 heteroatoms. The summed E-state index contributed by atoms with van der Waals surface area (Å²) in [5.41, 5.74) is 4.33. The van der Waals surface area contributed by atoms with E-state index >= 15 is 0 Å². The molecule has 3 aliphatic rings. The Balaban J connectivity index is 1.54. The van der Waals surface area contributed by atoms with Gasteiger partial charge in [-0.05, 0) is 43.9 Å². The van der Waals surface area contributed by atoms with Gasteiger partial charge in [0.25, 0.3) is 6.43 Å². The van der Waals surface area contributed by atoms with Crippen LogP contribution in [0, 0.1) is 0 Å². The fourth-order valence-corrected chi connectivity index (χ4v) is 6.22. The van der Waals surface area contributed by atoms with Gasteiger partial charge in [0.05, 0.1) is 16.6 Å². The lowest BCUT2D eigenvalue weighted by atomic mass is 9.88. The Morgan fingerprint density at radius 2 is 1.66 bits per heavy atom. The van der Waals surface area contributed by atoms with Crippen LogP contribution < -0.4 is 5.43 Å². The summed E-state index contributed by atoms with van der Waals surface area (Å²) < 4.78 is 26.3. The zero-order valence-corrected chi connectivity index (χ0v) is 18.2. The van der Waals surface area contributed by atoms with Crippen molar-refractivity contribution in [1.29, 1.82) is 0 Å². The molecule has 2 aliphatic carbocycles. The predicted molar refractivity (Wildman–Crippen MR) is 117 cm³/mol. The number of hydrazine groups is 1. The second-order valence-corrected chi connectivity index (χ2v) is 9.81. The Kier molecular flexibility index (Phi) is 6.60. The Morgan fingerprint density at radius 3 is 2.17 bits per heavy atom. The number of hydrogen-bond donors (Lipinski definition) is 1. The molecule has 2 saturated carbocycles. The second kappa shape index (κ2) is 9.17. The van der Waals surface area contributed by atoms with Crippen molar-refractivity contribution >= 4 is 17.0 Å². The number of nitrogens with one attached hydrogen (secondary N) is 1. The van der Waals surface area contributed by atoms with Crippen molar-refractivity contribution in [3.05, 3.63) is 40.2 Å². The summed E-state index contributed by atoms with van der Waals surface area (Å²) in [7, 11) is 1.65. The first-order valence-electron chi connectivity index (χ1n) is 11.1. The Morgan fingerprint density at radius 1 is 1.07 bits per heavy atom. The van der Waals surface area contributed by atoms with E-state index in [0.29, 0.717) is 12.1 Å². The zero-order chi connectivity index (χ0) is 20.4. The quantitative estimate of drug-likeness (QED) is 0.579. The van der Waals surface area contributed by atoms with Gasteiger partial charge in [-0.15, -0.1) is 11.3 Å². The molecule has 3 nitrogen and oxygen atoms in total. The molecule has 1 aromatic heterocycles. The maximum atomic E-state index is 13.2. The van der Waals surface area contributed by atoms with Gasteiger partial charge in [-0.1, -0.05) is 45.1 Å². The van der Waals surface area contributed by atoms with Crippen molar-refractivity contribution in [3.8, 4) is 0 Å². The maximum absolute atomic E-state index is 13.2. The highest BCUT2D eigenvalue weighted by Crippen LogP contribution is 2.39. The number of thiophene rings is 1. The average molecular weight is 422 g/mol. The number of hydrogen-bond acceptors (Lipinski definition) is 4. The highest BCUT2D eigenvalue weighted by Gasteiger charge is 2.32. The van der Waals surface area contributed by atoms with E-state index in [9.17, 15) is 8.78 Å². The Hall–Kier alpha value is -1.40. The van der Waals surface area contributed by atoms with Crippen molar-refractivity contribution in [2.75, 3.05) is 7.05 Å². The highest BCUT2D eigenvalue weighted by atomic mass is 32.1. The van der Waals surface area contributed by atoms with E-state index in [1.165, 1.54) is 74.1 Å². The van der Waals surface area contributed by atoms with Crippen LogP contribution in [-0.4, -0.2) is 35.5 Å². The summed E-state index contributed by atoms with van der Waals surface area (Å²) in [5, 5.41) is 1.44. The lowest BCUT2D eigenvalue weighted by molar-refractivity contribution is 0.139. The molecular weight excluding hydrogens is 388 g/mol. The molecule has 0 aromatic carbocycles. The fraction of sp³-hybridized carbons (Fsp3) is 0.652. The molecule has 160 valence electrons. The van der Waals surface area contributed by atoms with Gasteiger partial charge in [0.1, 0.15) is 0 Å². The molecule has 1 aliphatic heterocycles.